The Bertz CT molecular complexity index is 1020. The number of H-pyrrole nitrogens is 1. The van der Waals surface area contributed by atoms with E-state index in [1.165, 1.54) is 0 Å². The summed E-state index contributed by atoms with van der Waals surface area (Å²) < 4.78 is 1.57. The Kier molecular flexibility index (Phi) is 2.38. The average molecular weight is 277 g/mol. The van der Waals surface area contributed by atoms with Crippen molar-refractivity contribution in [2.24, 2.45) is 0 Å². The quantitative estimate of drug-likeness (QED) is 0.577. The maximum Gasteiger partial charge on any atom is 0.252 e. The van der Waals surface area contributed by atoms with Crippen LogP contribution in [-0.4, -0.2) is 24.7 Å². The van der Waals surface area contributed by atoms with Crippen molar-refractivity contribution in [1.29, 1.82) is 0 Å². The summed E-state index contributed by atoms with van der Waals surface area (Å²) in [4.78, 5) is 24.3. The smallest absolute Gasteiger partial charge is 0.252 e. The largest absolute Gasteiger partial charge is 0.339 e. The number of para-hydroxylation sites is 1. The first-order valence-corrected chi connectivity index (χ1v) is 6.53. The predicted molar refractivity (Wildman–Crippen MR) is 79.5 cm³/mol. The number of aromatic amines is 1. The van der Waals surface area contributed by atoms with Gasteiger partial charge in [-0.15, -0.1) is 0 Å². The second-order valence-corrected chi connectivity index (χ2v) is 4.77. The van der Waals surface area contributed by atoms with Crippen LogP contribution in [0.25, 0.3) is 27.9 Å². The van der Waals surface area contributed by atoms with E-state index in [0.717, 1.165) is 5.52 Å². The van der Waals surface area contributed by atoms with Gasteiger partial charge >= 0.3 is 0 Å². The van der Waals surface area contributed by atoms with E-state index in [1.54, 1.807) is 23.1 Å². The van der Waals surface area contributed by atoms with E-state index in [-0.39, 0.29) is 5.43 Å². The molecule has 3 heterocycles. The number of rotatable bonds is 1. The molecule has 0 aliphatic carbocycles. The van der Waals surface area contributed by atoms with E-state index >= 15 is 0 Å². The van der Waals surface area contributed by atoms with Crippen LogP contribution in [0.15, 0.2) is 47.5 Å². The first-order chi connectivity index (χ1) is 10.3. The molecule has 21 heavy (non-hydrogen) atoms. The minimum absolute atomic E-state index is 0.0287. The first kappa shape index (κ1) is 11.8. The highest BCUT2D eigenvalue weighted by Gasteiger charge is 2.16. The summed E-state index contributed by atoms with van der Waals surface area (Å²) in [5, 5.41) is 5.63. The molecule has 0 fully saturated rings. The fourth-order valence-corrected chi connectivity index (χ4v) is 2.51. The molecule has 0 saturated heterocycles. The lowest BCUT2D eigenvalue weighted by atomic mass is 10.1. The molecule has 0 atom stereocenters. The van der Waals surface area contributed by atoms with Crippen LogP contribution < -0.4 is 5.43 Å². The van der Waals surface area contributed by atoms with Crippen LogP contribution in [0, 0.1) is 6.92 Å². The zero-order chi connectivity index (χ0) is 14.4. The van der Waals surface area contributed by atoms with Crippen molar-refractivity contribution in [3.05, 3.63) is 58.6 Å². The molecular weight excluding hydrogens is 266 g/mol. The topological polar surface area (TPSA) is 76.5 Å². The molecule has 6 heteroatoms. The Labute approximate surface area is 119 Å². The van der Waals surface area contributed by atoms with Crippen molar-refractivity contribution in [2.75, 3.05) is 0 Å². The molecule has 0 aliphatic rings. The summed E-state index contributed by atoms with van der Waals surface area (Å²) in [7, 11) is 0. The minimum atomic E-state index is -0.0287. The fraction of sp³-hybridized carbons (Fsp3) is 0.0667. The average Bonchev–Trinajstić information content (AvgIpc) is 2.86. The number of benzene rings is 1. The zero-order valence-electron chi connectivity index (χ0n) is 11.2. The molecule has 0 aliphatic heterocycles. The number of aryl methyl sites for hydroxylation is 1. The van der Waals surface area contributed by atoms with Gasteiger partial charge in [0, 0.05) is 17.8 Å². The summed E-state index contributed by atoms with van der Waals surface area (Å²) in [5.41, 5.74) is 2.01. The lowest BCUT2D eigenvalue weighted by molar-refractivity contribution is 0.812. The van der Waals surface area contributed by atoms with Crippen LogP contribution in [0.2, 0.25) is 0 Å². The molecule has 1 aromatic carbocycles. The highest BCUT2D eigenvalue weighted by molar-refractivity contribution is 5.92. The maximum absolute atomic E-state index is 12.6. The van der Waals surface area contributed by atoms with Gasteiger partial charge in [-0.1, -0.05) is 12.1 Å². The monoisotopic (exact) mass is 277 g/mol. The van der Waals surface area contributed by atoms with E-state index in [4.69, 9.17) is 0 Å². The number of fused-ring (bicyclic) bond motifs is 2. The van der Waals surface area contributed by atoms with Crippen LogP contribution in [0.5, 0.6) is 0 Å². The standard InChI is InChI=1S/C15H11N5O/c1-9-12-13(21)10-5-2-3-6-11(10)18-14(12)20(19-9)15-16-7-4-8-17-15/h2-8H,1H3,(H,18,21). The van der Waals surface area contributed by atoms with Gasteiger partial charge in [-0.25, -0.2) is 9.97 Å². The van der Waals surface area contributed by atoms with Crippen molar-refractivity contribution in [2.45, 2.75) is 6.92 Å². The van der Waals surface area contributed by atoms with Gasteiger partial charge in [0.05, 0.1) is 16.6 Å². The van der Waals surface area contributed by atoms with Gasteiger partial charge in [0.15, 0.2) is 0 Å². The Morgan fingerprint density at radius 2 is 1.86 bits per heavy atom. The molecule has 0 radical (unpaired) electrons. The number of nitrogens with zero attached hydrogens (tertiary/aromatic N) is 4. The first-order valence-electron chi connectivity index (χ1n) is 6.53. The fourth-order valence-electron chi connectivity index (χ4n) is 2.51. The SMILES string of the molecule is Cc1nn(-c2ncccn2)c2[nH]c3ccccc3c(=O)c12. The maximum atomic E-state index is 12.6. The Morgan fingerprint density at radius 1 is 1.10 bits per heavy atom. The summed E-state index contributed by atoms with van der Waals surface area (Å²) in [5.74, 6) is 0.432. The molecule has 4 aromatic rings. The highest BCUT2D eigenvalue weighted by atomic mass is 16.1. The number of nitrogens with one attached hydrogen (secondary N) is 1. The molecule has 1 N–H and O–H groups in total. The van der Waals surface area contributed by atoms with Gasteiger partial charge in [0.25, 0.3) is 5.95 Å². The van der Waals surface area contributed by atoms with Gasteiger partial charge in [-0.2, -0.15) is 9.78 Å². The van der Waals surface area contributed by atoms with Crippen LogP contribution in [0.4, 0.5) is 0 Å². The molecule has 0 unspecified atom stereocenters. The molecule has 102 valence electrons. The van der Waals surface area contributed by atoms with Crippen molar-refractivity contribution in [3.8, 4) is 5.95 Å². The molecule has 4 rings (SSSR count). The summed E-state index contributed by atoms with van der Waals surface area (Å²) in [6.45, 7) is 1.81. The van der Waals surface area contributed by atoms with E-state index in [2.05, 4.69) is 20.1 Å². The number of aromatic nitrogens is 5. The van der Waals surface area contributed by atoms with Crippen LogP contribution in [0.1, 0.15) is 5.69 Å². The summed E-state index contributed by atoms with van der Waals surface area (Å²) >= 11 is 0. The molecule has 0 saturated carbocycles. The second kappa shape index (κ2) is 4.24. The van der Waals surface area contributed by atoms with Crippen LogP contribution >= 0.6 is 0 Å². The Balaban J connectivity index is 2.19. The molecule has 0 spiro atoms. The molecule has 0 bridgehead atoms. The summed E-state index contributed by atoms with van der Waals surface area (Å²) in [6, 6.07) is 9.15. The van der Waals surface area contributed by atoms with Crippen molar-refractivity contribution in [3.63, 3.8) is 0 Å². The molecular formula is C15H11N5O. The van der Waals surface area contributed by atoms with Crippen LogP contribution in [0.3, 0.4) is 0 Å². The Morgan fingerprint density at radius 3 is 2.67 bits per heavy atom. The second-order valence-electron chi connectivity index (χ2n) is 4.77. The highest BCUT2D eigenvalue weighted by Crippen LogP contribution is 2.18. The molecule has 0 amide bonds. The van der Waals surface area contributed by atoms with Gasteiger partial charge in [-0.3, -0.25) is 4.79 Å². The lowest BCUT2D eigenvalue weighted by Crippen LogP contribution is -2.06. The third-order valence-corrected chi connectivity index (χ3v) is 3.45. The van der Waals surface area contributed by atoms with Gasteiger partial charge in [0.2, 0.25) is 5.43 Å². The Hall–Kier alpha value is -3.02. The van der Waals surface area contributed by atoms with E-state index in [1.807, 2.05) is 31.2 Å². The number of hydrogen-bond acceptors (Lipinski definition) is 4. The van der Waals surface area contributed by atoms with E-state index in [9.17, 15) is 4.79 Å². The van der Waals surface area contributed by atoms with Crippen LogP contribution in [-0.2, 0) is 0 Å². The zero-order valence-corrected chi connectivity index (χ0v) is 11.2. The van der Waals surface area contributed by atoms with Gasteiger partial charge in [0.1, 0.15) is 5.65 Å². The van der Waals surface area contributed by atoms with Crippen molar-refractivity contribution < 1.29 is 0 Å². The van der Waals surface area contributed by atoms with E-state index in [0.29, 0.717) is 28.1 Å². The number of hydrogen-bond donors (Lipinski definition) is 1. The van der Waals surface area contributed by atoms with Crippen molar-refractivity contribution >= 4 is 21.9 Å². The van der Waals surface area contributed by atoms with Crippen molar-refractivity contribution in [1.82, 2.24) is 24.7 Å². The number of pyridine rings is 1. The van der Waals surface area contributed by atoms with Gasteiger partial charge < -0.3 is 4.98 Å². The van der Waals surface area contributed by atoms with E-state index < -0.39 is 0 Å². The lowest BCUT2D eigenvalue weighted by Gasteiger charge is -2.02. The third kappa shape index (κ3) is 1.66. The summed E-state index contributed by atoms with van der Waals surface area (Å²) in [6.07, 6.45) is 3.29. The third-order valence-electron chi connectivity index (χ3n) is 3.45. The molecule has 3 aromatic heterocycles. The predicted octanol–water partition coefficient (Wildman–Crippen LogP) is 1.97. The minimum Gasteiger partial charge on any atom is -0.339 e. The van der Waals surface area contributed by atoms with Gasteiger partial charge in [-0.05, 0) is 25.1 Å². The normalized spacial score (nSPS) is 11.3. The molecule has 6 nitrogen and oxygen atoms in total.